The Morgan fingerprint density at radius 2 is 1.65 bits per heavy atom. The maximum Gasteiger partial charge on any atom is 0.162 e. The summed E-state index contributed by atoms with van der Waals surface area (Å²) in [5.74, 6) is 1.10. The molecule has 6 heteroatoms. The fourth-order valence-corrected chi connectivity index (χ4v) is 3.10. The molecular formula is C20H20FN5. The lowest BCUT2D eigenvalue weighted by atomic mass is 10.1. The minimum Gasteiger partial charge on any atom is -0.367 e. The van der Waals surface area contributed by atoms with E-state index in [0.29, 0.717) is 11.9 Å². The second-order valence-corrected chi connectivity index (χ2v) is 6.37. The van der Waals surface area contributed by atoms with Crippen molar-refractivity contribution >= 4 is 5.82 Å². The Labute approximate surface area is 151 Å². The van der Waals surface area contributed by atoms with Crippen LogP contribution in [0.2, 0.25) is 0 Å². The highest BCUT2D eigenvalue weighted by molar-refractivity contribution is 5.67. The van der Waals surface area contributed by atoms with E-state index in [1.54, 1.807) is 24.5 Å². The van der Waals surface area contributed by atoms with Gasteiger partial charge in [0.25, 0.3) is 0 Å². The zero-order valence-corrected chi connectivity index (χ0v) is 14.3. The molecule has 3 heterocycles. The molecule has 5 nitrogen and oxygen atoms in total. The second kappa shape index (κ2) is 7.58. The number of hydrogen-bond acceptors (Lipinski definition) is 5. The zero-order chi connectivity index (χ0) is 17.8. The van der Waals surface area contributed by atoms with E-state index in [4.69, 9.17) is 0 Å². The maximum absolute atomic E-state index is 13.3. The minimum absolute atomic E-state index is 0.271. The van der Waals surface area contributed by atoms with Crippen LogP contribution in [-0.4, -0.2) is 34.1 Å². The highest BCUT2D eigenvalue weighted by atomic mass is 19.1. The van der Waals surface area contributed by atoms with E-state index in [0.717, 1.165) is 48.6 Å². The molecule has 0 spiro atoms. The van der Waals surface area contributed by atoms with E-state index in [-0.39, 0.29) is 5.82 Å². The Kier molecular flexibility index (Phi) is 4.84. The van der Waals surface area contributed by atoms with Gasteiger partial charge in [0.2, 0.25) is 0 Å². The lowest BCUT2D eigenvalue weighted by Crippen LogP contribution is -2.35. The number of pyridine rings is 1. The summed E-state index contributed by atoms with van der Waals surface area (Å²) in [5, 5.41) is 6.90. The van der Waals surface area contributed by atoms with Crippen LogP contribution in [0.15, 0.2) is 54.9 Å². The number of halogens is 1. The quantitative estimate of drug-likeness (QED) is 0.755. The van der Waals surface area contributed by atoms with E-state index in [9.17, 15) is 4.39 Å². The summed E-state index contributed by atoms with van der Waals surface area (Å²) in [4.78, 5) is 13.4. The number of aromatic nitrogens is 3. The lowest BCUT2D eigenvalue weighted by molar-refractivity contribution is 0.478. The molecule has 1 fully saturated rings. The molecule has 0 atom stereocenters. The third kappa shape index (κ3) is 3.86. The molecule has 0 unspecified atom stereocenters. The van der Waals surface area contributed by atoms with Gasteiger partial charge in [-0.25, -0.2) is 14.4 Å². The van der Waals surface area contributed by atoms with Crippen LogP contribution in [0.25, 0.3) is 22.6 Å². The molecule has 1 saturated heterocycles. The van der Waals surface area contributed by atoms with Gasteiger partial charge in [0.1, 0.15) is 11.6 Å². The van der Waals surface area contributed by atoms with Crippen molar-refractivity contribution in [3.05, 3.63) is 60.7 Å². The molecule has 0 amide bonds. The normalized spacial score (nSPS) is 15.0. The van der Waals surface area contributed by atoms with Crippen molar-refractivity contribution in [2.45, 2.75) is 18.9 Å². The van der Waals surface area contributed by atoms with Gasteiger partial charge < -0.3 is 10.6 Å². The number of piperidine rings is 1. The van der Waals surface area contributed by atoms with Crippen molar-refractivity contribution in [1.82, 2.24) is 20.3 Å². The average Bonchev–Trinajstić information content (AvgIpc) is 2.70. The molecule has 132 valence electrons. The maximum atomic E-state index is 13.3. The molecule has 1 aliphatic heterocycles. The topological polar surface area (TPSA) is 62.7 Å². The fourth-order valence-electron chi connectivity index (χ4n) is 3.10. The summed E-state index contributed by atoms with van der Waals surface area (Å²) in [6, 6.07) is 12.5. The van der Waals surface area contributed by atoms with Gasteiger partial charge in [-0.3, -0.25) is 4.98 Å². The fraction of sp³-hybridized carbons (Fsp3) is 0.250. The van der Waals surface area contributed by atoms with Crippen LogP contribution in [0, 0.1) is 5.82 Å². The number of rotatable bonds is 4. The number of benzene rings is 1. The average molecular weight is 349 g/mol. The molecule has 0 aliphatic carbocycles. The van der Waals surface area contributed by atoms with Crippen molar-refractivity contribution < 1.29 is 4.39 Å². The molecule has 4 rings (SSSR count). The summed E-state index contributed by atoms with van der Waals surface area (Å²) < 4.78 is 13.3. The first-order chi connectivity index (χ1) is 12.8. The predicted molar refractivity (Wildman–Crippen MR) is 100 cm³/mol. The van der Waals surface area contributed by atoms with Crippen molar-refractivity contribution in [2.24, 2.45) is 0 Å². The highest BCUT2D eigenvalue weighted by Crippen LogP contribution is 2.25. The standard InChI is InChI=1S/C20H20FN5/c21-16-3-1-15(2-4-16)20-25-18(14-5-9-22-10-6-14)13-19(26-20)24-17-7-11-23-12-8-17/h1-6,9-10,13,17,23H,7-8,11-12H2,(H,24,25,26). The number of nitrogens with zero attached hydrogens (tertiary/aromatic N) is 3. The molecule has 0 radical (unpaired) electrons. The van der Waals surface area contributed by atoms with E-state index in [1.807, 2.05) is 18.2 Å². The van der Waals surface area contributed by atoms with Gasteiger partial charge in [0.15, 0.2) is 5.82 Å². The van der Waals surface area contributed by atoms with Gasteiger partial charge in [-0.05, 0) is 62.3 Å². The Morgan fingerprint density at radius 3 is 2.38 bits per heavy atom. The molecule has 3 aromatic rings. The molecule has 2 N–H and O–H groups in total. The summed E-state index contributed by atoms with van der Waals surface area (Å²) in [7, 11) is 0. The summed E-state index contributed by atoms with van der Waals surface area (Å²) >= 11 is 0. The Bertz CT molecular complexity index is 861. The molecule has 26 heavy (non-hydrogen) atoms. The van der Waals surface area contributed by atoms with Crippen LogP contribution < -0.4 is 10.6 Å². The molecule has 0 bridgehead atoms. The largest absolute Gasteiger partial charge is 0.367 e. The summed E-state index contributed by atoms with van der Waals surface area (Å²) in [6.07, 6.45) is 5.60. The van der Waals surface area contributed by atoms with Crippen LogP contribution >= 0.6 is 0 Å². The Morgan fingerprint density at radius 1 is 0.923 bits per heavy atom. The second-order valence-electron chi connectivity index (χ2n) is 6.37. The van der Waals surface area contributed by atoms with Crippen molar-refractivity contribution in [1.29, 1.82) is 0 Å². The minimum atomic E-state index is -0.271. The van der Waals surface area contributed by atoms with Gasteiger partial charge in [0.05, 0.1) is 5.69 Å². The summed E-state index contributed by atoms with van der Waals surface area (Å²) in [5.41, 5.74) is 2.58. The van der Waals surface area contributed by atoms with Gasteiger partial charge in [0, 0.05) is 35.6 Å². The molecule has 2 aromatic heterocycles. The smallest absolute Gasteiger partial charge is 0.162 e. The van der Waals surface area contributed by atoms with Gasteiger partial charge in [-0.1, -0.05) is 0 Å². The lowest BCUT2D eigenvalue weighted by Gasteiger charge is -2.24. The number of anilines is 1. The van der Waals surface area contributed by atoms with Crippen LogP contribution in [-0.2, 0) is 0 Å². The zero-order valence-electron chi connectivity index (χ0n) is 14.3. The molecule has 1 aromatic carbocycles. The Hall–Kier alpha value is -2.86. The van der Waals surface area contributed by atoms with Crippen molar-refractivity contribution in [3.8, 4) is 22.6 Å². The predicted octanol–water partition coefficient (Wildman–Crippen LogP) is 3.51. The van der Waals surface area contributed by atoms with Crippen LogP contribution in [0.4, 0.5) is 10.2 Å². The first-order valence-electron chi connectivity index (χ1n) is 8.80. The van der Waals surface area contributed by atoms with Crippen molar-refractivity contribution in [3.63, 3.8) is 0 Å². The van der Waals surface area contributed by atoms with Crippen LogP contribution in [0.3, 0.4) is 0 Å². The van der Waals surface area contributed by atoms with Crippen LogP contribution in [0.5, 0.6) is 0 Å². The van der Waals surface area contributed by atoms with E-state index in [2.05, 4.69) is 25.6 Å². The van der Waals surface area contributed by atoms with Crippen molar-refractivity contribution in [2.75, 3.05) is 18.4 Å². The first kappa shape index (κ1) is 16.6. The van der Waals surface area contributed by atoms with Gasteiger partial charge in [-0.15, -0.1) is 0 Å². The van der Waals surface area contributed by atoms with Gasteiger partial charge in [-0.2, -0.15) is 0 Å². The monoisotopic (exact) mass is 349 g/mol. The van der Waals surface area contributed by atoms with Gasteiger partial charge >= 0.3 is 0 Å². The van der Waals surface area contributed by atoms with Crippen LogP contribution in [0.1, 0.15) is 12.8 Å². The molecule has 1 aliphatic rings. The summed E-state index contributed by atoms with van der Waals surface area (Å²) in [6.45, 7) is 2.01. The third-order valence-corrected chi connectivity index (χ3v) is 4.50. The SMILES string of the molecule is Fc1ccc(-c2nc(NC3CCNCC3)cc(-c3ccncc3)n2)cc1. The third-order valence-electron chi connectivity index (χ3n) is 4.50. The number of nitrogens with one attached hydrogen (secondary N) is 2. The Balaban J connectivity index is 1.72. The molecular weight excluding hydrogens is 329 g/mol. The van der Waals surface area contributed by atoms with E-state index >= 15 is 0 Å². The highest BCUT2D eigenvalue weighted by Gasteiger charge is 2.15. The van der Waals surface area contributed by atoms with E-state index < -0.39 is 0 Å². The number of hydrogen-bond donors (Lipinski definition) is 2. The first-order valence-corrected chi connectivity index (χ1v) is 8.80. The van der Waals surface area contributed by atoms with E-state index in [1.165, 1.54) is 12.1 Å². The molecule has 0 saturated carbocycles.